The quantitative estimate of drug-likeness (QED) is 0.385. The number of nitrogens with zero attached hydrogens (tertiary/aromatic N) is 1. The van der Waals surface area contributed by atoms with Crippen LogP contribution in [0, 0.1) is 0 Å². The van der Waals surface area contributed by atoms with Gasteiger partial charge in [-0.15, -0.1) is 0 Å². The largest absolute Gasteiger partial charge is 0.512 e. The lowest BCUT2D eigenvalue weighted by Gasteiger charge is -2.25. The molecule has 2 N–H and O–H groups in total. The number of aliphatic hydroxyl groups excluding tert-OH is 1. The molecule has 1 heterocycles. The van der Waals surface area contributed by atoms with Crippen LogP contribution < -0.4 is 0 Å². The van der Waals surface area contributed by atoms with Crippen molar-refractivity contribution in [1.82, 2.24) is 5.06 Å². The van der Waals surface area contributed by atoms with Crippen LogP contribution >= 0.6 is 0 Å². The van der Waals surface area contributed by atoms with E-state index in [1.807, 2.05) is 12.1 Å². The second kappa shape index (κ2) is 3.40. The zero-order valence-electron chi connectivity index (χ0n) is 8.27. The molecule has 0 fully saturated rings. The standard InChI is InChI=1S/C11H11NO3/c1-7(13)10-9-5-3-2-4-8(9)6-12(15)11(10)14/h2-5,13,15H,6H2,1H3. The van der Waals surface area contributed by atoms with Gasteiger partial charge in [0.2, 0.25) is 0 Å². The molecule has 0 saturated heterocycles. The summed E-state index contributed by atoms with van der Waals surface area (Å²) in [4.78, 5) is 11.6. The van der Waals surface area contributed by atoms with Crippen LogP contribution in [0.3, 0.4) is 0 Å². The Morgan fingerprint density at radius 3 is 2.73 bits per heavy atom. The molecule has 0 aliphatic carbocycles. The third kappa shape index (κ3) is 1.49. The molecule has 4 heteroatoms. The number of hydroxylamine groups is 2. The average molecular weight is 205 g/mol. The van der Waals surface area contributed by atoms with Gasteiger partial charge in [0, 0.05) is 0 Å². The first-order chi connectivity index (χ1) is 7.11. The van der Waals surface area contributed by atoms with Gasteiger partial charge in [-0.3, -0.25) is 10.0 Å². The van der Waals surface area contributed by atoms with Crippen molar-refractivity contribution in [3.05, 3.63) is 41.2 Å². The Kier molecular flexibility index (Phi) is 2.21. The summed E-state index contributed by atoms with van der Waals surface area (Å²) in [6, 6.07) is 7.19. The van der Waals surface area contributed by atoms with Crippen LogP contribution in [0.1, 0.15) is 18.1 Å². The van der Waals surface area contributed by atoms with Crippen molar-refractivity contribution in [2.75, 3.05) is 0 Å². The van der Waals surface area contributed by atoms with Crippen molar-refractivity contribution in [3.8, 4) is 0 Å². The predicted molar refractivity (Wildman–Crippen MR) is 54.0 cm³/mol. The second-order valence-corrected chi connectivity index (χ2v) is 3.48. The van der Waals surface area contributed by atoms with Gasteiger partial charge in [0.05, 0.1) is 12.1 Å². The number of amides is 1. The number of hydrogen-bond donors (Lipinski definition) is 2. The lowest BCUT2D eigenvalue weighted by Crippen LogP contribution is -2.33. The molecule has 4 nitrogen and oxygen atoms in total. The summed E-state index contributed by atoms with van der Waals surface area (Å²) in [5.41, 5.74) is 1.68. The van der Waals surface area contributed by atoms with Crippen molar-refractivity contribution in [3.63, 3.8) is 0 Å². The van der Waals surface area contributed by atoms with Crippen molar-refractivity contribution in [1.29, 1.82) is 0 Å². The maximum Gasteiger partial charge on any atom is 0.281 e. The summed E-state index contributed by atoms with van der Waals surface area (Å²) in [6.45, 7) is 1.59. The Hall–Kier alpha value is -1.81. The van der Waals surface area contributed by atoms with E-state index in [9.17, 15) is 15.1 Å². The molecule has 0 aromatic heterocycles. The zero-order chi connectivity index (χ0) is 11.0. The summed E-state index contributed by atoms with van der Waals surface area (Å²) in [5.74, 6) is -0.639. The molecule has 0 bridgehead atoms. The lowest BCUT2D eigenvalue weighted by atomic mass is 9.94. The first-order valence-electron chi connectivity index (χ1n) is 4.60. The van der Waals surface area contributed by atoms with E-state index in [2.05, 4.69) is 0 Å². The number of allylic oxidation sites excluding steroid dienone is 1. The van der Waals surface area contributed by atoms with E-state index in [4.69, 9.17) is 0 Å². The van der Waals surface area contributed by atoms with Gasteiger partial charge >= 0.3 is 0 Å². The molecular weight excluding hydrogens is 194 g/mol. The molecule has 78 valence electrons. The highest BCUT2D eigenvalue weighted by atomic mass is 16.5. The van der Waals surface area contributed by atoms with Crippen molar-refractivity contribution in [2.45, 2.75) is 13.5 Å². The molecular formula is C11H11NO3. The minimum atomic E-state index is -0.561. The predicted octanol–water partition coefficient (Wildman–Crippen LogP) is 1.71. The van der Waals surface area contributed by atoms with E-state index in [-0.39, 0.29) is 17.9 Å². The molecule has 0 atom stereocenters. The van der Waals surface area contributed by atoms with Crippen LogP contribution in [-0.2, 0) is 11.3 Å². The summed E-state index contributed by atoms with van der Waals surface area (Å²) in [5, 5.41) is 19.4. The van der Waals surface area contributed by atoms with Crippen LogP contribution in [-0.4, -0.2) is 21.3 Å². The molecule has 1 aromatic rings. The summed E-state index contributed by atoms with van der Waals surface area (Å²) in [7, 11) is 0. The van der Waals surface area contributed by atoms with E-state index in [1.54, 1.807) is 12.1 Å². The minimum Gasteiger partial charge on any atom is -0.512 e. The monoisotopic (exact) mass is 205 g/mol. The Bertz CT molecular complexity index is 447. The number of benzene rings is 1. The number of carbonyl (C=O) groups excluding carboxylic acids is 1. The van der Waals surface area contributed by atoms with E-state index in [1.165, 1.54) is 6.92 Å². The van der Waals surface area contributed by atoms with Gasteiger partial charge in [-0.05, 0) is 18.1 Å². The van der Waals surface area contributed by atoms with Crippen LogP contribution in [0.4, 0.5) is 0 Å². The summed E-state index contributed by atoms with van der Waals surface area (Å²) >= 11 is 0. The van der Waals surface area contributed by atoms with Gasteiger partial charge < -0.3 is 5.11 Å². The third-order valence-electron chi connectivity index (χ3n) is 2.42. The van der Waals surface area contributed by atoms with Gasteiger partial charge in [0.1, 0.15) is 5.76 Å². The van der Waals surface area contributed by atoms with E-state index < -0.39 is 5.91 Å². The van der Waals surface area contributed by atoms with E-state index in [0.717, 1.165) is 5.56 Å². The van der Waals surface area contributed by atoms with Crippen molar-refractivity contribution in [2.24, 2.45) is 0 Å². The highest BCUT2D eigenvalue weighted by Gasteiger charge is 2.28. The molecule has 0 radical (unpaired) electrons. The average Bonchev–Trinajstić information content (AvgIpc) is 2.19. The smallest absolute Gasteiger partial charge is 0.281 e. The molecule has 1 amide bonds. The maximum absolute atomic E-state index is 11.6. The molecule has 0 unspecified atom stereocenters. The molecule has 15 heavy (non-hydrogen) atoms. The van der Waals surface area contributed by atoms with Crippen LogP contribution in [0.15, 0.2) is 30.0 Å². The fraction of sp³-hybridized carbons (Fsp3) is 0.182. The Balaban J connectivity index is 2.66. The number of hydrogen-bond acceptors (Lipinski definition) is 3. The third-order valence-corrected chi connectivity index (χ3v) is 2.42. The highest BCUT2D eigenvalue weighted by molar-refractivity contribution is 6.20. The maximum atomic E-state index is 11.6. The zero-order valence-corrected chi connectivity index (χ0v) is 8.27. The van der Waals surface area contributed by atoms with Gasteiger partial charge in [-0.1, -0.05) is 24.3 Å². The fourth-order valence-corrected chi connectivity index (χ4v) is 1.73. The van der Waals surface area contributed by atoms with Crippen molar-refractivity contribution < 1.29 is 15.1 Å². The Morgan fingerprint density at radius 1 is 1.40 bits per heavy atom. The minimum absolute atomic E-state index is 0.0776. The highest BCUT2D eigenvalue weighted by Crippen LogP contribution is 2.29. The molecule has 2 rings (SSSR count). The van der Waals surface area contributed by atoms with Crippen LogP contribution in [0.25, 0.3) is 5.57 Å². The number of fused-ring (bicyclic) bond motifs is 1. The topological polar surface area (TPSA) is 60.8 Å². The number of carbonyl (C=O) groups is 1. The van der Waals surface area contributed by atoms with E-state index in [0.29, 0.717) is 10.6 Å². The summed E-state index contributed by atoms with van der Waals surface area (Å²) < 4.78 is 0. The molecule has 1 aromatic carbocycles. The molecule has 1 aliphatic rings. The van der Waals surface area contributed by atoms with Crippen molar-refractivity contribution >= 4 is 11.5 Å². The van der Waals surface area contributed by atoms with Gasteiger partial charge in [-0.2, -0.15) is 0 Å². The number of aliphatic hydroxyl groups is 1. The van der Waals surface area contributed by atoms with Gasteiger partial charge in [0.25, 0.3) is 5.91 Å². The SMILES string of the molecule is CC(O)=C1C(=O)N(O)Cc2ccccc21. The summed E-state index contributed by atoms with van der Waals surface area (Å²) in [6.07, 6.45) is 0. The lowest BCUT2D eigenvalue weighted by molar-refractivity contribution is -0.161. The van der Waals surface area contributed by atoms with Gasteiger partial charge in [0.15, 0.2) is 0 Å². The Labute approximate surface area is 87.0 Å². The van der Waals surface area contributed by atoms with Crippen LogP contribution in [0.5, 0.6) is 0 Å². The molecule has 0 spiro atoms. The normalized spacial score (nSPS) is 18.8. The van der Waals surface area contributed by atoms with Gasteiger partial charge in [-0.25, -0.2) is 5.06 Å². The van der Waals surface area contributed by atoms with Crippen LogP contribution in [0.2, 0.25) is 0 Å². The molecule has 0 saturated carbocycles. The first-order valence-corrected chi connectivity index (χ1v) is 4.60. The first kappa shape index (κ1) is 9.73. The second-order valence-electron chi connectivity index (χ2n) is 3.48. The van der Waals surface area contributed by atoms with E-state index >= 15 is 0 Å². The fourth-order valence-electron chi connectivity index (χ4n) is 1.73. The number of rotatable bonds is 0. The Morgan fingerprint density at radius 2 is 2.07 bits per heavy atom. The molecule has 1 aliphatic heterocycles.